The van der Waals surface area contributed by atoms with Crippen LogP contribution < -0.4 is 10.5 Å². The van der Waals surface area contributed by atoms with Gasteiger partial charge in [0.15, 0.2) is 5.95 Å². The number of nitrogen functional groups attached to an aromatic ring is 1. The van der Waals surface area contributed by atoms with Crippen LogP contribution in [0.3, 0.4) is 0 Å². The minimum atomic E-state index is -3.71. The number of anilines is 1. The van der Waals surface area contributed by atoms with Gasteiger partial charge < -0.3 is 25.1 Å². The molecule has 34 heavy (non-hydrogen) atoms. The number of nitrogens with one attached hydrogen (secondary N) is 1. The van der Waals surface area contributed by atoms with Crippen LogP contribution in [0, 0.1) is 13.8 Å². The Hall–Kier alpha value is -3.15. The average Bonchev–Trinajstić information content (AvgIpc) is 3.14. The van der Waals surface area contributed by atoms with E-state index in [0.717, 1.165) is 16.6 Å². The molecule has 0 saturated carbocycles. The second kappa shape index (κ2) is 10.4. The maximum atomic E-state index is 13.0. The number of carbonyl (C=O) groups excluding carboxylic acids is 1. The number of hydrogen-bond acceptors (Lipinski definition) is 7. The maximum Gasteiger partial charge on any atom is 0.248 e. The van der Waals surface area contributed by atoms with Crippen molar-refractivity contribution in [3.63, 3.8) is 0 Å². The van der Waals surface area contributed by atoms with Crippen LogP contribution in [0.2, 0.25) is 0 Å². The molecule has 0 saturated heterocycles. The Balaban J connectivity index is 1.51. The molecule has 0 aliphatic carbocycles. The van der Waals surface area contributed by atoms with Crippen molar-refractivity contribution in [3.05, 3.63) is 47.0 Å². The first-order valence-electron chi connectivity index (χ1n) is 10.7. The summed E-state index contributed by atoms with van der Waals surface area (Å²) in [6.07, 6.45) is 0. The number of hydrogen-bond donors (Lipinski definition) is 2. The van der Waals surface area contributed by atoms with Gasteiger partial charge in [0.05, 0.1) is 29.6 Å². The molecule has 1 aromatic heterocycles. The number of amides is 1. The van der Waals surface area contributed by atoms with Crippen LogP contribution in [0.1, 0.15) is 16.7 Å². The van der Waals surface area contributed by atoms with Crippen LogP contribution in [-0.2, 0) is 26.1 Å². The summed E-state index contributed by atoms with van der Waals surface area (Å²) in [4.78, 5) is 21.4. The number of H-pyrrole nitrogens is 1. The Morgan fingerprint density at radius 3 is 2.47 bits per heavy atom. The SMILES string of the molecule is COc1cc(C)c(S(=O)(=O)N(C)CCOCC(=O)N(C)Cc2ccc3[nH]c(N)nc3c2)c(C)c1. The van der Waals surface area contributed by atoms with Crippen molar-refractivity contribution in [2.45, 2.75) is 25.3 Å². The molecular formula is C23H31N5O5S. The topological polar surface area (TPSA) is 131 Å². The number of likely N-dealkylation sites (N-methyl/N-ethyl adjacent to an activating group) is 2. The Kier molecular flexibility index (Phi) is 7.80. The molecule has 0 spiro atoms. The molecule has 0 atom stereocenters. The van der Waals surface area contributed by atoms with Crippen molar-refractivity contribution in [1.82, 2.24) is 19.2 Å². The highest BCUT2D eigenvalue weighted by Crippen LogP contribution is 2.27. The largest absolute Gasteiger partial charge is 0.497 e. The van der Waals surface area contributed by atoms with E-state index < -0.39 is 10.0 Å². The zero-order valence-electron chi connectivity index (χ0n) is 20.1. The van der Waals surface area contributed by atoms with Gasteiger partial charge in [0.2, 0.25) is 15.9 Å². The van der Waals surface area contributed by atoms with Gasteiger partial charge in [-0.25, -0.2) is 13.4 Å². The molecule has 3 aromatic rings. The van der Waals surface area contributed by atoms with E-state index >= 15 is 0 Å². The number of benzene rings is 2. The summed E-state index contributed by atoms with van der Waals surface area (Å²) in [5.74, 6) is 0.735. The number of ether oxygens (including phenoxy) is 2. The monoisotopic (exact) mass is 489 g/mol. The van der Waals surface area contributed by atoms with Gasteiger partial charge in [-0.15, -0.1) is 0 Å². The Bertz CT molecular complexity index is 1270. The van der Waals surface area contributed by atoms with Crippen LogP contribution in [0.15, 0.2) is 35.2 Å². The number of fused-ring (bicyclic) bond motifs is 1. The molecule has 1 heterocycles. The molecule has 10 nitrogen and oxygen atoms in total. The number of rotatable bonds is 10. The third-order valence-electron chi connectivity index (χ3n) is 5.53. The first-order chi connectivity index (χ1) is 16.0. The van der Waals surface area contributed by atoms with Crippen LogP contribution in [-0.4, -0.2) is 74.5 Å². The molecule has 0 aliphatic heterocycles. The normalized spacial score (nSPS) is 11.8. The van der Waals surface area contributed by atoms with E-state index in [0.29, 0.717) is 29.4 Å². The molecule has 0 unspecified atom stereocenters. The molecule has 1 amide bonds. The first kappa shape index (κ1) is 25.5. The fraction of sp³-hybridized carbons (Fsp3) is 0.391. The predicted molar refractivity (Wildman–Crippen MR) is 130 cm³/mol. The second-order valence-electron chi connectivity index (χ2n) is 8.19. The molecule has 11 heteroatoms. The summed E-state index contributed by atoms with van der Waals surface area (Å²) in [5.41, 5.74) is 9.36. The number of imidazole rings is 1. The van der Waals surface area contributed by atoms with Gasteiger partial charge in [0.25, 0.3) is 0 Å². The van der Waals surface area contributed by atoms with Gasteiger partial charge in [-0.3, -0.25) is 4.79 Å². The smallest absolute Gasteiger partial charge is 0.248 e. The lowest BCUT2D eigenvalue weighted by Gasteiger charge is -2.21. The summed E-state index contributed by atoms with van der Waals surface area (Å²) in [5, 5.41) is 0. The zero-order valence-corrected chi connectivity index (χ0v) is 20.9. The summed E-state index contributed by atoms with van der Waals surface area (Å²) in [6.45, 7) is 3.90. The third-order valence-corrected chi connectivity index (χ3v) is 7.69. The molecular weight excluding hydrogens is 458 g/mol. The van der Waals surface area contributed by atoms with E-state index in [9.17, 15) is 13.2 Å². The molecule has 184 valence electrons. The second-order valence-corrected chi connectivity index (χ2v) is 10.2. The summed E-state index contributed by atoms with van der Waals surface area (Å²) < 4.78 is 38.0. The highest BCUT2D eigenvalue weighted by Gasteiger charge is 2.25. The lowest BCUT2D eigenvalue weighted by Crippen LogP contribution is -2.33. The van der Waals surface area contributed by atoms with Crippen molar-refractivity contribution in [1.29, 1.82) is 0 Å². The standard InChI is InChI=1S/C23H31N5O5S/c1-15-10-18(32-5)11-16(2)22(15)34(30,31)28(4)8-9-33-14-21(29)27(3)13-17-6-7-19-20(12-17)26-23(24)25-19/h6-7,10-12H,8-9,13-14H2,1-5H3,(H3,24,25,26). The molecule has 0 radical (unpaired) electrons. The van der Waals surface area contributed by atoms with Crippen molar-refractivity contribution < 1.29 is 22.7 Å². The molecule has 3 rings (SSSR count). The van der Waals surface area contributed by atoms with Crippen molar-refractivity contribution in [2.24, 2.45) is 0 Å². The van der Waals surface area contributed by atoms with E-state index in [-0.39, 0.29) is 30.6 Å². The highest BCUT2D eigenvalue weighted by molar-refractivity contribution is 7.89. The number of nitrogens with two attached hydrogens (primary N) is 1. The maximum absolute atomic E-state index is 13.0. The summed E-state index contributed by atoms with van der Waals surface area (Å²) in [6, 6.07) is 9.02. The summed E-state index contributed by atoms with van der Waals surface area (Å²) >= 11 is 0. The predicted octanol–water partition coefficient (Wildman–Crippen LogP) is 2.07. The van der Waals surface area contributed by atoms with Gasteiger partial charge in [0, 0.05) is 27.2 Å². The highest BCUT2D eigenvalue weighted by atomic mass is 32.2. The van der Waals surface area contributed by atoms with Crippen LogP contribution >= 0.6 is 0 Å². The minimum absolute atomic E-state index is 0.0854. The Morgan fingerprint density at radius 1 is 1.15 bits per heavy atom. The van der Waals surface area contributed by atoms with E-state index in [4.69, 9.17) is 15.2 Å². The van der Waals surface area contributed by atoms with Gasteiger partial charge in [-0.1, -0.05) is 6.07 Å². The molecule has 0 fully saturated rings. The van der Waals surface area contributed by atoms with Gasteiger partial charge in [-0.2, -0.15) is 4.31 Å². The number of sulfonamides is 1. The number of aromatic nitrogens is 2. The van der Waals surface area contributed by atoms with Gasteiger partial charge in [-0.05, 0) is 54.8 Å². The minimum Gasteiger partial charge on any atom is -0.497 e. The third kappa shape index (κ3) is 5.66. The number of aryl methyl sites for hydroxylation is 2. The lowest BCUT2D eigenvalue weighted by molar-refractivity contribution is -0.135. The zero-order chi connectivity index (χ0) is 25.0. The first-order valence-corrected chi connectivity index (χ1v) is 12.1. The van der Waals surface area contributed by atoms with Crippen LogP contribution in [0.4, 0.5) is 5.95 Å². The molecule has 0 aliphatic rings. The van der Waals surface area contributed by atoms with E-state index in [2.05, 4.69) is 9.97 Å². The molecule has 3 N–H and O–H groups in total. The van der Waals surface area contributed by atoms with Gasteiger partial charge in [0.1, 0.15) is 12.4 Å². The lowest BCUT2D eigenvalue weighted by atomic mass is 10.1. The van der Waals surface area contributed by atoms with E-state index in [1.165, 1.54) is 11.4 Å². The van der Waals surface area contributed by atoms with E-state index in [1.807, 2.05) is 18.2 Å². The Morgan fingerprint density at radius 2 is 1.82 bits per heavy atom. The van der Waals surface area contributed by atoms with Crippen molar-refractivity contribution in [2.75, 3.05) is 46.7 Å². The fourth-order valence-corrected chi connectivity index (χ4v) is 5.26. The van der Waals surface area contributed by atoms with Crippen molar-refractivity contribution in [3.8, 4) is 5.75 Å². The van der Waals surface area contributed by atoms with E-state index in [1.54, 1.807) is 45.0 Å². The molecule has 0 bridgehead atoms. The number of methoxy groups -OCH3 is 1. The van der Waals surface area contributed by atoms with Crippen LogP contribution in [0.25, 0.3) is 11.0 Å². The van der Waals surface area contributed by atoms with Crippen molar-refractivity contribution >= 4 is 32.9 Å². The summed E-state index contributed by atoms with van der Waals surface area (Å²) in [7, 11) is 1.00. The average molecular weight is 490 g/mol. The number of carbonyl (C=O) groups is 1. The van der Waals surface area contributed by atoms with Gasteiger partial charge >= 0.3 is 0 Å². The Labute approximate surface area is 199 Å². The number of nitrogens with zero attached hydrogens (tertiary/aromatic N) is 3. The quantitative estimate of drug-likeness (QED) is 0.417. The fourth-order valence-electron chi connectivity index (χ4n) is 3.71. The number of aromatic amines is 1. The van der Waals surface area contributed by atoms with Crippen LogP contribution in [0.5, 0.6) is 5.75 Å². The molecule has 2 aromatic carbocycles.